The fraction of sp³-hybridized carbons (Fsp3) is 0.222. The smallest absolute Gasteiger partial charge is 0.320 e. The normalized spacial score (nSPS) is 12.5. The lowest BCUT2D eigenvalue weighted by Gasteiger charge is -2.07. The predicted molar refractivity (Wildman–Crippen MR) is 58.5 cm³/mol. The first-order chi connectivity index (χ1) is 6.11. The van der Waals surface area contributed by atoms with Crippen molar-refractivity contribution in [3.8, 4) is 0 Å². The molecule has 0 amide bonds. The van der Waals surface area contributed by atoms with Crippen LogP contribution in [0.3, 0.4) is 0 Å². The number of nitrogens with two attached hydrogens (primary N) is 1. The number of aliphatic carboxylic acids is 1. The fourth-order valence-corrected chi connectivity index (χ4v) is 1.60. The van der Waals surface area contributed by atoms with E-state index in [1.165, 1.54) is 0 Å². The first kappa shape index (κ1) is 10.5. The highest BCUT2D eigenvalue weighted by Gasteiger charge is 2.12. The van der Waals surface area contributed by atoms with E-state index in [4.69, 9.17) is 10.8 Å². The van der Waals surface area contributed by atoms with Crippen molar-refractivity contribution in [1.82, 2.24) is 0 Å². The molecule has 0 bridgehead atoms. The molecule has 1 rings (SSSR count). The van der Waals surface area contributed by atoms with Gasteiger partial charge in [-0.1, -0.05) is 18.2 Å². The topological polar surface area (TPSA) is 63.3 Å². The van der Waals surface area contributed by atoms with E-state index in [1.54, 1.807) is 0 Å². The molecule has 0 aliphatic carbocycles. The number of rotatable bonds is 3. The molecule has 0 saturated heterocycles. The van der Waals surface area contributed by atoms with Crippen LogP contribution in [0.25, 0.3) is 0 Å². The Labute approximate surface area is 90.1 Å². The Morgan fingerprint density at radius 1 is 1.54 bits per heavy atom. The van der Waals surface area contributed by atoms with Crippen LogP contribution in [-0.2, 0) is 11.2 Å². The summed E-state index contributed by atoms with van der Waals surface area (Å²) in [7, 11) is 0. The average molecular weight is 289 g/mol. The molecule has 3 nitrogen and oxygen atoms in total. The molecular weight excluding hydrogens is 279 g/mol. The van der Waals surface area contributed by atoms with Crippen LogP contribution in [0, 0.1) is 3.57 Å². The molecule has 1 aromatic carbocycles. The predicted octanol–water partition coefficient (Wildman–Crippen LogP) is 1.25. The van der Waals surface area contributed by atoms with Crippen molar-refractivity contribution in [1.29, 1.82) is 0 Å². The number of halogens is 1. The third-order valence-corrected chi connectivity index (χ3v) is 2.77. The molecule has 0 unspecified atom stereocenters. The van der Waals surface area contributed by atoms with Gasteiger partial charge < -0.3 is 10.8 Å². The van der Waals surface area contributed by atoms with Crippen LogP contribution in [0.1, 0.15) is 5.56 Å². The second kappa shape index (κ2) is 4.57. The highest BCUT2D eigenvalue weighted by atomic mass is 125. The second-order valence-electron chi connectivity index (χ2n) is 2.74. The largest absolute Gasteiger partial charge is 0.480 e. The maximum absolute atomic E-state index is 10.5. The first-order valence-electron chi connectivity index (χ1n) is 3.83. The number of benzene rings is 1. The van der Waals surface area contributed by atoms with E-state index in [-0.39, 0.29) is 0 Å². The molecule has 13 heavy (non-hydrogen) atoms. The summed E-state index contributed by atoms with van der Waals surface area (Å²) in [5.74, 6) is -0.959. The van der Waals surface area contributed by atoms with Gasteiger partial charge in [0.05, 0.1) is 0 Å². The molecule has 0 spiro atoms. The van der Waals surface area contributed by atoms with E-state index in [9.17, 15) is 4.79 Å². The van der Waals surface area contributed by atoms with Gasteiger partial charge in [-0.2, -0.15) is 0 Å². The summed E-state index contributed by atoms with van der Waals surface area (Å²) in [5.41, 5.74) is 6.40. The van der Waals surface area contributed by atoms with Crippen molar-refractivity contribution in [3.63, 3.8) is 0 Å². The molecule has 1 aromatic rings. The van der Waals surface area contributed by atoms with Gasteiger partial charge in [-0.3, -0.25) is 4.79 Å². The van der Waals surface area contributed by atoms with E-state index in [0.29, 0.717) is 6.42 Å². The quantitative estimate of drug-likeness (QED) is 0.823. The Morgan fingerprint density at radius 2 is 2.15 bits per heavy atom. The Kier molecular flexibility index (Phi) is 3.68. The van der Waals surface area contributed by atoms with Crippen LogP contribution in [0.2, 0.25) is 0 Å². The highest BCUT2D eigenvalue weighted by molar-refractivity contribution is 14.1. The summed E-state index contributed by atoms with van der Waals surface area (Å²) < 4.78 is 1.05. The lowest BCUT2D eigenvalue weighted by atomic mass is 10.1. The Hall–Kier alpha value is -0.620. The Bertz CT molecular complexity index is 314. The molecule has 4 heteroatoms. The summed E-state index contributed by atoms with van der Waals surface area (Å²) in [6, 6.07) is 6.81. The Balaban J connectivity index is 2.74. The summed E-state index contributed by atoms with van der Waals surface area (Å²) >= 11 is 2.17. The number of carboxylic acids is 1. The zero-order valence-corrected chi connectivity index (χ0v) is 9.06. The Morgan fingerprint density at radius 3 is 2.69 bits per heavy atom. The zero-order valence-electron chi connectivity index (χ0n) is 6.90. The molecule has 0 aliphatic heterocycles. The van der Waals surface area contributed by atoms with Gasteiger partial charge >= 0.3 is 5.97 Å². The van der Waals surface area contributed by atoms with Gasteiger partial charge in [-0.05, 0) is 40.6 Å². The van der Waals surface area contributed by atoms with Crippen LogP contribution >= 0.6 is 22.6 Å². The van der Waals surface area contributed by atoms with Crippen LogP contribution < -0.4 is 5.73 Å². The van der Waals surface area contributed by atoms with Crippen molar-refractivity contribution in [2.24, 2.45) is 5.73 Å². The fourth-order valence-electron chi connectivity index (χ4n) is 0.988. The molecule has 0 fully saturated rings. The van der Waals surface area contributed by atoms with Gasteiger partial charge in [0, 0.05) is 3.57 Å². The van der Waals surface area contributed by atoms with Gasteiger partial charge in [0.25, 0.3) is 0 Å². The monoisotopic (exact) mass is 289 g/mol. The van der Waals surface area contributed by atoms with E-state index >= 15 is 0 Å². The minimum Gasteiger partial charge on any atom is -0.480 e. The van der Waals surface area contributed by atoms with E-state index in [1.807, 2.05) is 24.3 Å². The van der Waals surface area contributed by atoms with Crippen LogP contribution in [0.15, 0.2) is 24.3 Å². The van der Waals surface area contributed by atoms with Gasteiger partial charge in [0.1, 0.15) is 6.04 Å². The molecule has 1 atom stereocenters. The third kappa shape index (κ3) is 2.96. The van der Waals surface area contributed by atoms with Crippen molar-refractivity contribution in [3.05, 3.63) is 33.4 Å². The number of hydrogen-bond acceptors (Lipinski definition) is 2. The summed E-state index contributed by atoms with van der Waals surface area (Å²) in [6.45, 7) is 0. The van der Waals surface area contributed by atoms with Gasteiger partial charge in [-0.25, -0.2) is 0 Å². The summed E-state index contributed by atoms with van der Waals surface area (Å²) in [4.78, 5) is 10.5. The first-order valence-corrected chi connectivity index (χ1v) is 4.91. The van der Waals surface area contributed by atoms with Crippen molar-refractivity contribution >= 4 is 28.6 Å². The molecule has 0 radical (unpaired) electrons. The van der Waals surface area contributed by atoms with Crippen molar-refractivity contribution < 1.29 is 9.90 Å². The average Bonchev–Trinajstić information content (AvgIpc) is 2.08. The van der Waals surface area contributed by atoms with Gasteiger partial charge in [0.2, 0.25) is 0 Å². The standard InChI is InChI=1S/C9H10INO2/c10-7-4-2-1-3-6(7)5-8(11)9(12)13/h1-4,8H,5,11H2,(H,12,13)/t8-/m1/s1/i10-2. The molecule has 0 heterocycles. The molecular formula is C9H10INO2. The summed E-state index contributed by atoms with van der Waals surface area (Å²) in [6.07, 6.45) is 0.383. The maximum atomic E-state index is 10.5. The minimum absolute atomic E-state index is 0.383. The van der Waals surface area contributed by atoms with Gasteiger partial charge in [0.15, 0.2) is 0 Å². The van der Waals surface area contributed by atoms with Crippen molar-refractivity contribution in [2.75, 3.05) is 0 Å². The number of carboxylic acid groups (broad SMARTS) is 1. The van der Waals surface area contributed by atoms with Crippen LogP contribution in [0.4, 0.5) is 0 Å². The number of carbonyl (C=O) groups is 1. The molecule has 0 aliphatic rings. The lowest BCUT2D eigenvalue weighted by Crippen LogP contribution is -2.32. The van der Waals surface area contributed by atoms with Crippen molar-refractivity contribution in [2.45, 2.75) is 12.5 Å². The summed E-state index contributed by atoms with van der Waals surface area (Å²) in [5, 5.41) is 8.61. The zero-order chi connectivity index (χ0) is 9.84. The lowest BCUT2D eigenvalue weighted by molar-refractivity contribution is -0.138. The maximum Gasteiger partial charge on any atom is 0.320 e. The molecule has 70 valence electrons. The van der Waals surface area contributed by atoms with Gasteiger partial charge in [-0.15, -0.1) is 0 Å². The van der Waals surface area contributed by atoms with E-state index < -0.39 is 12.0 Å². The number of hydrogen-bond donors (Lipinski definition) is 2. The molecule has 3 N–H and O–H groups in total. The van der Waals surface area contributed by atoms with Crippen LogP contribution in [-0.4, -0.2) is 17.1 Å². The molecule has 0 saturated carbocycles. The minimum atomic E-state index is -0.959. The second-order valence-corrected chi connectivity index (χ2v) is 3.90. The highest BCUT2D eigenvalue weighted by Crippen LogP contribution is 2.12. The third-order valence-electron chi connectivity index (χ3n) is 1.71. The van der Waals surface area contributed by atoms with Crippen LogP contribution in [0.5, 0.6) is 0 Å². The van der Waals surface area contributed by atoms with E-state index in [2.05, 4.69) is 22.6 Å². The SMILES string of the molecule is N[C@H](Cc1ccccc1[125I])C(=O)O. The van der Waals surface area contributed by atoms with E-state index in [0.717, 1.165) is 9.13 Å². The molecule has 0 aromatic heterocycles.